The van der Waals surface area contributed by atoms with Crippen molar-refractivity contribution in [3.05, 3.63) is 85.2 Å². The van der Waals surface area contributed by atoms with E-state index in [9.17, 15) is 14.7 Å². The van der Waals surface area contributed by atoms with Crippen molar-refractivity contribution in [3.8, 4) is 0 Å². The van der Waals surface area contributed by atoms with Gasteiger partial charge < -0.3 is 15.0 Å². The lowest BCUT2D eigenvalue weighted by molar-refractivity contribution is -0.137. The van der Waals surface area contributed by atoms with E-state index in [4.69, 9.17) is 11.6 Å². The van der Waals surface area contributed by atoms with Crippen LogP contribution in [0.1, 0.15) is 46.6 Å². The highest BCUT2D eigenvalue weighted by Gasteiger charge is 2.31. The molecule has 7 nitrogen and oxygen atoms in total. The number of aliphatic carboxylic acids is 1. The number of carboxylic acids is 1. The smallest absolute Gasteiger partial charge is 0.328 e. The van der Waals surface area contributed by atoms with Gasteiger partial charge in [-0.1, -0.05) is 35.9 Å². The molecule has 5 rings (SSSR count). The predicted octanol–water partition coefficient (Wildman–Crippen LogP) is 5.54. The number of hydrogen-bond donors (Lipinski definition) is 2. The molecule has 0 saturated heterocycles. The molecule has 180 valence electrons. The standard InChI is InChI=1S/C26H25ClN4O3S/c1-14-10-15(2)24-20(11-14)29-35-22(24)13-30-16(3)4-9-19-25(30)31(26(34)28-19)21(12-23(32)33)17-5-7-18(27)8-6-17/h4-11,16,21H,12-13H2,1-3H3,(H,28,34)(H,32,33)/t16?,21-/m1/s1. The van der Waals surface area contributed by atoms with Crippen molar-refractivity contribution in [1.29, 1.82) is 0 Å². The second-order valence-corrected chi connectivity index (χ2v) is 10.3. The number of rotatable bonds is 6. The van der Waals surface area contributed by atoms with Crippen LogP contribution in [0.3, 0.4) is 0 Å². The Morgan fingerprint density at radius 1 is 1.26 bits per heavy atom. The number of aromatic nitrogens is 3. The second kappa shape index (κ2) is 9.02. The summed E-state index contributed by atoms with van der Waals surface area (Å²) in [5.41, 5.74) is 4.33. The molecule has 1 unspecified atom stereocenters. The number of carbonyl (C=O) groups is 1. The van der Waals surface area contributed by atoms with E-state index in [0.29, 0.717) is 28.6 Å². The van der Waals surface area contributed by atoms with Gasteiger partial charge in [0.05, 0.1) is 35.1 Å². The molecular weight excluding hydrogens is 484 g/mol. The van der Waals surface area contributed by atoms with E-state index >= 15 is 0 Å². The first kappa shape index (κ1) is 23.4. The van der Waals surface area contributed by atoms with Crippen LogP contribution in [0.2, 0.25) is 5.02 Å². The Morgan fingerprint density at radius 3 is 2.71 bits per heavy atom. The van der Waals surface area contributed by atoms with Gasteiger partial charge in [-0.3, -0.25) is 9.36 Å². The molecule has 35 heavy (non-hydrogen) atoms. The number of fused-ring (bicyclic) bond motifs is 2. The van der Waals surface area contributed by atoms with Gasteiger partial charge in [0, 0.05) is 16.5 Å². The highest BCUT2D eigenvalue weighted by Crippen LogP contribution is 2.36. The quantitative estimate of drug-likeness (QED) is 0.356. The average Bonchev–Trinajstić information content (AvgIpc) is 3.35. The van der Waals surface area contributed by atoms with Crippen LogP contribution < -0.4 is 10.6 Å². The van der Waals surface area contributed by atoms with E-state index in [2.05, 4.69) is 47.2 Å². The Bertz CT molecular complexity index is 1520. The van der Waals surface area contributed by atoms with Crippen LogP contribution in [0.4, 0.5) is 5.82 Å². The lowest BCUT2D eigenvalue weighted by Gasteiger charge is -2.34. The number of halogens is 1. The number of nitrogens with zero attached hydrogens (tertiary/aromatic N) is 3. The molecule has 0 fully saturated rings. The van der Waals surface area contributed by atoms with Crippen LogP contribution in [0, 0.1) is 13.8 Å². The maximum absolute atomic E-state index is 13.2. The van der Waals surface area contributed by atoms with Crippen LogP contribution >= 0.6 is 23.1 Å². The zero-order valence-electron chi connectivity index (χ0n) is 19.6. The number of aryl methyl sites for hydroxylation is 2. The molecule has 0 aliphatic carbocycles. The summed E-state index contributed by atoms with van der Waals surface area (Å²) in [6.07, 6.45) is 3.70. The lowest BCUT2D eigenvalue weighted by Crippen LogP contribution is -2.37. The van der Waals surface area contributed by atoms with Gasteiger partial charge in [0.2, 0.25) is 0 Å². The summed E-state index contributed by atoms with van der Waals surface area (Å²) in [5.74, 6) is -0.310. The number of benzene rings is 2. The number of anilines is 1. The van der Waals surface area contributed by atoms with E-state index < -0.39 is 12.0 Å². The van der Waals surface area contributed by atoms with Crippen molar-refractivity contribution in [2.75, 3.05) is 4.90 Å². The number of nitrogens with one attached hydrogen (secondary N) is 1. The summed E-state index contributed by atoms with van der Waals surface area (Å²) in [4.78, 5) is 31.3. The van der Waals surface area contributed by atoms with Gasteiger partial charge in [-0.25, -0.2) is 4.79 Å². The summed E-state index contributed by atoms with van der Waals surface area (Å²) in [7, 11) is 0. The van der Waals surface area contributed by atoms with E-state index in [1.165, 1.54) is 22.7 Å². The maximum atomic E-state index is 13.2. The minimum atomic E-state index is -0.989. The summed E-state index contributed by atoms with van der Waals surface area (Å²) in [6, 6.07) is 10.5. The minimum Gasteiger partial charge on any atom is -0.481 e. The molecule has 0 bridgehead atoms. The molecule has 4 aromatic rings. The van der Waals surface area contributed by atoms with Crippen LogP contribution in [-0.4, -0.2) is 31.0 Å². The van der Waals surface area contributed by atoms with Crippen molar-refractivity contribution in [3.63, 3.8) is 0 Å². The van der Waals surface area contributed by atoms with E-state index in [1.807, 2.05) is 12.2 Å². The minimum absolute atomic E-state index is 0.0115. The molecule has 1 aliphatic heterocycles. The Kier molecular flexibility index (Phi) is 6.02. The molecule has 9 heteroatoms. The summed E-state index contributed by atoms with van der Waals surface area (Å²) < 4.78 is 6.25. The number of hydrogen-bond acceptors (Lipinski definition) is 5. The van der Waals surface area contributed by atoms with Gasteiger partial charge >= 0.3 is 11.7 Å². The molecular formula is C26H25ClN4O3S. The predicted molar refractivity (Wildman–Crippen MR) is 141 cm³/mol. The number of imidazole rings is 1. The van der Waals surface area contributed by atoms with E-state index in [-0.39, 0.29) is 18.2 Å². The third kappa shape index (κ3) is 4.28. The topological polar surface area (TPSA) is 91.2 Å². The number of aromatic amines is 1. The van der Waals surface area contributed by atoms with Gasteiger partial charge in [0.25, 0.3) is 0 Å². The molecule has 0 saturated carbocycles. The Balaban J connectivity index is 1.64. The SMILES string of the molecule is Cc1cc(C)c2c(CN3c4c([nH]c(=O)n4[C@H](CC(=O)O)c4ccc(Cl)cc4)C=CC3C)snc2c1. The van der Waals surface area contributed by atoms with Crippen molar-refractivity contribution < 1.29 is 9.90 Å². The molecule has 2 aromatic carbocycles. The lowest BCUT2D eigenvalue weighted by atomic mass is 10.0. The van der Waals surface area contributed by atoms with Gasteiger partial charge in [-0.15, -0.1) is 0 Å². The van der Waals surface area contributed by atoms with E-state index in [0.717, 1.165) is 15.8 Å². The van der Waals surface area contributed by atoms with Crippen molar-refractivity contribution in [2.45, 2.75) is 45.8 Å². The van der Waals surface area contributed by atoms with Gasteiger partial charge in [-0.05, 0) is 73.3 Å². The molecule has 3 heterocycles. The molecule has 0 spiro atoms. The Labute approximate surface area is 211 Å². The second-order valence-electron chi connectivity index (χ2n) is 9.01. The normalized spacial score (nSPS) is 16.0. The Hall–Kier alpha value is -3.36. The highest BCUT2D eigenvalue weighted by molar-refractivity contribution is 7.07. The summed E-state index contributed by atoms with van der Waals surface area (Å²) in [6.45, 7) is 6.76. The zero-order valence-corrected chi connectivity index (χ0v) is 21.2. The van der Waals surface area contributed by atoms with E-state index in [1.54, 1.807) is 28.8 Å². The molecule has 2 aromatic heterocycles. The van der Waals surface area contributed by atoms with Crippen molar-refractivity contribution in [2.24, 2.45) is 0 Å². The molecule has 0 radical (unpaired) electrons. The average molecular weight is 509 g/mol. The number of carboxylic acid groups (broad SMARTS) is 1. The molecule has 2 atom stereocenters. The molecule has 2 N–H and O–H groups in total. The first-order chi connectivity index (χ1) is 16.7. The maximum Gasteiger partial charge on any atom is 0.328 e. The third-order valence-corrected chi connectivity index (χ3v) is 7.57. The van der Waals surface area contributed by atoms with Crippen LogP contribution in [-0.2, 0) is 11.3 Å². The fraction of sp³-hybridized carbons (Fsp3) is 0.269. The van der Waals surface area contributed by atoms with Gasteiger partial charge in [0.15, 0.2) is 0 Å². The van der Waals surface area contributed by atoms with Crippen molar-refractivity contribution in [1.82, 2.24) is 13.9 Å². The van der Waals surface area contributed by atoms with Crippen LogP contribution in [0.5, 0.6) is 0 Å². The largest absolute Gasteiger partial charge is 0.481 e. The summed E-state index contributed by atoms with van der Waals surface area (Å²) in [5, 5.41) is 11.4. The van der Waals surface area contributed by atoms with Crippen LogP contribution in [0.25, 0.3) is 17.0 Å². The fourth-order valence-electron chi connectivity index (χ4n) is 4.91. The van der Waals surface area contributed by atoms with Crippen molar-refractivity contribution >= 4 is 51.9 Å². The fourth-order valence-corrected chi connectivity index (χ4v) is 5.94. The first-order valence-electron chi connectivity index (χ1n) is 11.3. The van der Waals surface area contributed by atoms with Crippen LogP contribution in [0.15, 0.2) is 47.3 Å². The summed E-state index contributed by atoms with van der Waals surface area (Å²) >= 11 is 7.54. The number of H-pyrrole nitrogens is 1. The Morgan fingerprint density at radius 2 is 2.00 bits per heavy atom. The van der Waals surface area contributed by atoms with Gasteiger partial charge in [-0.2, -0.15) is 4.37 Å². The third-order valence-electron chi connectivity index (χ3n) is 6.48. The van der Waals surface area contributed by atoms with Gasteiger partial charge in [0.1, 0.15) is 5.82 Å². The molecule has 0 amide bonds. The highest BCUT2D eigenvalue weighted by atomic mass is 35.5. The molecule has 1 aliphatic rings. The first-order valence-corrected chi connectivity index (χ1v) is 12.5. The zero-order chi connectivity index (χ0) is 24.9. The monoisotopic (exact) mass is 508 g/mol.